The smallest absolute Gasteiger partial charge is 0.229 e. The van der Waals surface area contributed by atoms with Gasteiger partial charge in [-0.3, -0.25) is 0 Å². The lowest BCUT2D eigenvalue weighted by atomic mass is 10.0. The molecule has 1 N–H and O–H groups in total. The van der Waals surface area contributed by atoms with Crippen LogP contribution in [0.3, 0.4) is 0 Å². The van der Waals surface area contributed by atoms with Gasteiger partial charge in [-0.05, 0) is 44.3 Å². The Kier molecular flexibility index (Phi) is 10.5. The highest BCUT2D eigenvalue weighted by Gasteiger charge is 2.18. The molecular formula is C26H41N3O2. The third kappa shape index (κ3) is 8.74. The zero-order chi connectivity index (χ0) is 21.7. The van der Waals surface area contributed by atoms with Crippen LogP contribution >= 0.6 is 0 Å². The van der Waals surface area contributed by atoms with Gasteiger partial charge in [-0.15, -0.1) is 0 Å². The lowest BCUT2D eigenvalue weighted by molar-refractivity contribution is 0.0949. The summed E-state index contributed by atoms with van der Waals surface area (Å²) in [6, 6.07) is 8.52. The fourth-order valence-electron chi connectivity index (χ4n) is 4.44. The van der Waals surface area contributed by atoms with Crippen molar-refractivity contribution in [3.63, 3.8) is 0 Å². The molecule has 1 atom stereocenters. The van der Waals surface area contributed by atoms with E-state index in [1.807, 2.05) is 0 Å². The maximum atomic E-state index is 10.4. The van der Waals surface area contributed by atoms with Gasteiger partial charge in [-0.25, -0.2) is 0 Å². The second kappa shape index (κ2) is 13.6. The minimum Gasteiger partial charge on any atom is -0.391 e. The molecule has 0 aliphatic carbocycles. The zero-order valence-electron chi connectivity index (χ0n) is 19.4. The van der Waals surface area contributed by atoms with Crippen LogP contribution in [-0.2, 0) is 12.8 Å². The van der Waals surface area contributed by atoms with Crippen molar-refractivity contribution in [2.75, 3.05) is 19.6 Å². The molecule has 1 aromatic heterocycles. The number of aryl methyl sites for hydroxylation is 1. The molecule has 3 rings (SSSR count). The van der Waals surface area contributed by atoms with Crippen molar-refractivity contribution in [2.24, 2.45) is 0 Å². The van der Waals surface area contributed by atoms with Crippen LogP contribution in [0.4, 0.5) is 0 Å². The molecule has 172 valence electrons. The highest BCUT2D eigenvalue weighted by atomic mass is 16.5. The first-order chi connectivity index (χ1) is 15.2. The van der Waals surface area contributed by atoms with Crippen LogP contribution in [0.2, 0.25) is 0 Å². The van der Waals surface area contributed by atoms with Gasteiger partial charge < -0.3 is 14.5 Å². The number of β-amino-alcohol motifs (C(OH)–C–C–N with tert-alkyl or cyclic N) is 1. The fourth-order valence-corrected chi connectivity index (χ4v) is 4.44. The Morgan fingerprint density at radius 1 is 0.935 bits per heavy atom. The van der Waals surface area contributed by atoms with Crippen molar-refractivity contribution in [1.82, 2.24) is 15.0 Å². The number of likely N-dealkylation sites (tertiary alicyclic amines) is 1. The van der Waals surface area contributed by atoms with Gasteiger partial charge >= 0.3 is 0 Å². The molecule has 31 heavy (non-hydrogen) atoms. The van der Waals surface area contributed by atoms with E-state index in [4.69, 9.17) is 4.52 Å². The predicted molar refractivity (Wildman–Crippen MR) is 126 cm³/mol. The van der Waals surface area contributed by atoms with E-state index in [1.165, 1.54) is 76.2 Å². The highest BCUT2D eigenvalue weighted by Crippen LogP contribution is 2.19. The zero-order valence-corrected chi connectivity index (χ0v) is 19.4. The number of aliphatic hydroxyl groups is 1. The number of rotatable bonds is 14. The van der Waals surface area contributed by atoms with E-state index in [2.05, 4.69) is 46.2 Å². The molecule has 1 unspecified atom stereocenters. The molecule has 5 heteroatoms. The second-order valence-corrected chi connectivity index (χ2v) is 9.15. The third-order valence-electron chi connectivity index (χ3n) is 6.33. The van der Waals surface area contributed by atoms with Gasteiger partial charge in [0.25, 0.3) is 0 Å². The number of nitrogens with zero attached hydrogens (tertiary/aromatic N) is 3. The molecule has 1 fully saturated rings. The number of unbranched alkanes of at least 4 members (excludes halogenated alkanes) is 7. The van der Waals surface area contributed by atoms with E-state index < -0.39 is 6.10 Å². The molecule has 0 saturated carbocycles. The molecule has 1 aromatic carbocycles. The summed E-state index contributed by atoms with van der Waals surface area (Å²) in [5.74, 6) is 1.13. The van der Waals surface area contributed by atoms with E-state index in [9.17, 15) is 5.11 Å². The maximum Gasteiger partial charge on any atom is 0.229 e. The molecule has 5 nitrogen and oxygen atoms in total. The van der Waals surface area contributed by atoms with Crippen molar-refractivity contribution in [3.05, 3.63) is 35.7 Å². The summed E-state index contributed by atoms with van der Waals surface area (Å²) in [5, 5.41) is 14.5. The van der Waals surface area contributed by atoms with Gasteiger partial charge in [0.2, 0.25) is 11.7 Å². The topological polar surface area (TPSA) is 62.4 Å². The monoisotopic (exact) mass is 427 g/mol. The van der Waals surface area contributed by atoms with Crippen molar-refractivity contribution < 1.29 is 9.63 Å². The molecule has 2 heterocycles. The van der Waals surface area contributed by atoms with Crippen LogP contribution in [0, 0.1) is 0 Å². The van der Waals surface area contributed by atoms with Crippen molar-refractivity contribution in [2.45, 2.75) is 96.5 Å². The first-order valence-corrected chi connectivity index (χ1v) is 12.6. The molecule has 0 radical (unpaired) electrons. The molecule has 1 aliphatic rings. The van der Waals surface area contributed by atoms with Crippen LogP contribution < -0.4 is 0 Å². The molecule has 0 bridgehead atoms. The van der Waals surface area contributed by atoms with Gasteiger partial charge in [-0.2, -0.15) is 4.98 Å². The molecule has 1 aliphatic heterocycles. The van der Waals surface area contributed by atoms with E-state index >= 15 is 0 Å². The molecule has 2 aromatic rings. The van der Waals surface area contributed by atoms with E-state index in [-0.39, 0.29) is 0 Å². The van der Waals surface area contributed by atoms with Crippen LogP contribution in [-0.4, -0.2) is 45.9 Å². The Morgan fingerprint density at radius 3 is 2.32 bits per heavy atom. The van der Waals surface area contributed by atoms with Crippen LogP contribution in [0.15, 0.2) is 28.8 Å². The van der Waals surface area contributed by atoms with Crippen LogP contribution in [0.1, 0.15) is 89.0 Å². The van der Waals surface area contributed by atoms with Crippen LogP contribution in [0.25, 0.3) is 11.4 Å². The van der Waals surface area contributed by atoms with E-state index in [0.717, 1.165) is 25.1 Å². The fraction of sp³-hybridized carbons (Fsp3) is 0.692. The number of benzene rings is 1. The summed E-state index contributed by atoms with van der Waals surface area (Å²) in [6.45, 7) is 5.12. The number of hydrogen-bond donors (Lipinski definition) is 1. The first kappa shape index (κ1) is 23.9. The summed E-state index contributed by atoms with van der Waals surface area (Å²) in [4.78, 5) is 6.83. The maximum absolute atomic E-state index is 10.4. The second-order valence-electron chi connectivity index (χ2n) is 9.15. The summed E-state index contributed by atoms with van der Waals surface area (Å²) in [6.07, 6.45) is 15.7. The van der Waals surface area contributed by atoms with Gasteiger partial charge in [0.15, 0.2) is 0 Å². The normalized spacial score (nSPS) is 15.9. The largest absolute Gasteiger partial charge is 0.391 e. The number of aromatic nitrogens is 2. The molecule has 1 saturated heterocycles. The third-order valence-corrected chi connectivity index (χ3v) is 6.33. The summed E-state index contributed by atoms with van der Waals surface area (Å²) >= 11 is 0. The summed E-state index contributed by atoms with van der Waals surface area (Å²) in [5.41, 5.74) is 2.34. The van der Waals surface area contributed by atoms with Gasteiger partial charge in [0, 0.05) is 12.1 Å². The quantitative estimate of drug-likeness (QED) is 0.386. The predicted octanol–water partition coefficient (Wildman–Crippen LogP) is 5.81. The van der Waals surface area contributed by atoms with Gasteiger partial charge in [-0.1, -0.05) is 87.7 Å². The number of hydrogen-bond acceptors (Lipinski definition) is 5. The minimum absolute atomic E-state index is 0.417. The Hall–Kier alpha value is -1.72. The van der Waals surface area contributed by atoms with Gasteiger partial charge in [0.1, 0.15) is 0 Å². The summed E-state index contributed by atoms with van der Waals surface area (Å²) < 4.78 is 5.40. The average Bonchev–Trinajstić information content (AvgIpc) is 3.25. The number of aliphatic hydroxyl groups excluding tert-OH is 1. The lowest BCUT2D eigenvalue weighted by Crippen LogP contribution is -2.37. The standard InChI is InChI=1S/C26H41N3O2/c1-2-3-4-5-6-7-8-10-13-22-14-16-23(17-15-22)26-27-25(31-28-26)20-24(30)21-29-18-11-9-12-19-29/h14-17,24,30H,2-13,18-21H2,1H3. The number of piperidine rings is 1. The van der Waals surface area contributed by atoms with E-state index in [0.29, 0.717) is 24.7 Å². The Bertz CT molecular complexity index is 723. The van der Waals surface area contributed by atoms with E-state index in [1.54, 1.807) is 0 Å². The Balaban J connectivity index is 1.37. The van der Waals surface area contributed by atoms with Crippen molar-refractivity contribution in [3.8, 4) is 11.4 Å². The highest BCUT2D eigenvalue weighted by molar-refractivity contribution is 5.54. The molecular weight excluding hydrogens is 386 g/mol. The van der Waals surface area contributed by atoms with Crippen molar-refractivity contribution >= 4 is 0 Å². The lowest BCUT2D eigenvalue weighted by Gasteiger charge is -2.27. The Morgan fingerprint density at radius 2 is 1.61 bits per heavy atom. The first-order valence-electron chi connectivity index (χ1n) is 12.6. The Labute approximate surface area is 188 Å². The van der Waals surface area contributed by atoms with Gasteiger partial charge in [0.05, 0.1) is 12.5 Å². The van der Waals surface area contributed by atoms with Crippen LogP contribution in [0.5, 0.6) is 0 Å². The van der Waals surface area contributed by atoms with Crippen molar-refractivity contribution in [1.29, 1.82) is 0 Å². The average molecular weight is 428 g/mol. The molecule has 0 spiro atoms. The molecule has 0 amide bonds. The SMILES string of the molecule is CCCCCCCCCCc1ccc(-c2noc(CC(O)CN3CCCCC3)n2)cc1. The summed E-state index contributed by atoms with van der Waals surface area (Å²) in [7, 11) is 0. The minimum atomic E-state index is -0.458.